The summed E-state index contributed by atoms with van der Waals surface area (Å²) in [6.45, 7) is 2.69. The fourth-order valence-electron chi connectivity index (χ4n) is 2.34. The average molecular weight is 342 g/mol. The molecule has 6 heteroatoms. The molecule has 0 aliphatic heterocycles. The highest BCUT2D eigenvalue weighted by Gasteiger charge is 2.08. The van der Waals surface area contributed by atoms with Crippen molar-refractivity contribution in [3.05, 3.63) is 48.3 Å². The van der Waals surface area contributed by atoms with Gasteiger partial charge in [-0.2, -0.15) is 0 Å². The van der Waals surface area contributed by atoms with Crippen molar-refractivity contribution in [2.45, 2.75) is 0 Å². The summed E-state index contributed by atoms with van der Waals surface area (Å²) in [7, 11) is 5.68. The van der Waals surface area contributed by atoms with Crippen molar-refractivity contribution in [1.82, 2.24) is 15.6 Å². The molecular formula is C19H26N4O2. The molecule has 0 saturated heterocycles. The molecule has 1 heterocycles. The number of nitrogens with zero attached hydrogens (tertiary/aromatic N) is 2. The van der Waals surface area contributed by atoms with Crippen LogP contribution in [0.1, 0.15) is 10.4 Å². The molecule has 1 aromatic carbocycles. The number of hydrogen-bond donors (Lipinski definition) is 2. The topological polar surface area (TPSA) is 66.5 Å². The Labute approximate surface area is 149 Å². The molecule has 2 N–H and O–H groups in total. The Morgan fingerprint density at radius 3 is 2.52 bits per heavy atom. The molecule has 2 aromatic rings. The van der Waals surface area contributed by atoms with E-state index in [-0.39, 0.29) is 5.91 Å². The molecule has 134 valence electrons. The third-order valence-corrected chi connectivity index (χ3v) is 3.79. The van der Waals surface area contributed by atoms with Crippen molar-refractivity contribution < 1.29 is 9.53 Å². The molecule has 1 amide bonds. The first-order valence-corrected chi connectivity index (χ1v) is 8.32. The number of amides is 1. The Morgan fingerprint density at radius 1 is 1.08 bits per heavy atom. The van der Waals surface area contributed by atoms with Crippen LogP contribution < -0.4 is 15.5 Å². The Morgan fingerprint density at radius 2 is 1.84 bits per heavy atom. The minimum Gasteiger partial charge on any atom is -0.383 e. The van der Waals surface area contributed by atoms with Gasteiger partial charge in [0, 0.05) is 64.5 Å². The predicted molar refractivity (Wildman–Crippen MR) is 101 cm³/mol. The second-order valence-corrected chi connectivity index (χ2v) is 5.90. The zero-order valence-corrected chi connectivity index (χ0v) is 15.1. The number of carbonyl (C=O) groups excluding carboxylic acids is 1. The third kappa shape index (κ3) is 5.85. The van der Waals surface area contributed by atoms with Gasteiger partial charge in [-0.25, -0.2) is 0 Å². The predicted octanol–water partition coefficient (Wildman–Crippen LogP) is 1.78. The maximum Gasteiger partial charge on any atom is 0.252 e. The summed E-state index contributed by atoms with van der Waals surface area (Å²) < 4.78 is 4.95. The van der Waals surface area contributed by atoms with Crippen LogP contribution in [0.15, 0.2) is 42.7 Å². The van der Waals surface area contributed by atoms with Gasteiger partial charge >= 0.3 is 0 Å². The highest BCUT2D eigenvalue weighted by molar-refractivity contribution is 5.95. The number of benzene rings is 1. The number of hydrogen-bond acceptors (Lipinski definition) is 5. The van der Waals surface area contributed by atoms with Crippen LogP contribution in [0.25, 0.3) is 11.1 Å². The van der Waals surface area contributed by atoms with Crippen molar-refractivity contribution in [3.8, 4) is 11.1 Å². The molecule has 0 aliphatic rings. The highest BCUT2D eigenvalue weighted by atomic mass is 16.5. The van der Waals surface area contributed by atoms with Crippen LogP contribution in [0.5, 0.6) is 0 Å². The van der Waals surface area contributed by atoms with Crippen molar-refractivity contribution in [3.63, 3.8) is 0 Å². The monoisotopic (exact) mass is 342 g/mol. The molecule has 0 bridgehead atoms. The van der Waals surface area contributed by atoms with Gasteiger partial charge in [-0.05, 0) is 23.8 Å². The zero-order chi connectivity index (χ0) is 18.1. The number of aromatic nitrogens is 1. The van der Waals surface area contributed by atoms with Crippen molar-refractivity contribution in [1.29, 1.82) is 0 Å². The number of pyridine rings is 1. The van der Waals surface area contributed by atoms with E-state index >= 15 is 0 Å². The van der Waals surface area contributed by atoms with Gasteiger partial charge in [0.05, 0.1) is 12.2 Å². The number of carbonyl (C=O) groups is 1. The minimum absolute atomic E-state index is 0.118. The van der Waals surface area contributed by atoms with Crippen LogP contribution in [0.4, 0.5) is 5.69 Å². The number of nitrogens with one attached hydrogen (secondary N) is 2. The van der Waals surface area contributed by atoms with E-state index in [4.69, 9.17) is 4.74 Å². The van der Waals surface area contributed by atoms with Crippen LogP contribution >= 0.6 is 0 Å². The maximum atomic E-state index is 12.3. The first-order chi connectivity index (χ1) is 12.1. The number of ether oxygens (including phenoxy) is 1. The van der Waals surface area contributed by atoms with Crippen LogP contribution in [-0.4, -0.2) is 58.3 Å². The van der Waals surface area contributed by atoms with Crippen molar-refractivity contribution in [2.24, 2.45) is 0 Å². The second kappa shape index (κ2) is 9.76. The molecule has 0 fully saturated rings. The molecular weight excluding hydrogens is 316 g/mol. The Hall–Kier alpha value is -2.44. The largest absolute Gasteiger partial charge is 0.383 e. The van der Waals surface area contributed by atoms with Crippen LogP contribution in [-0.2, 0) is 4.74 Å². The highest BCUT2D eigenvalue weighted by Crippen LogP contribution is 2.22. The van der Waals surface area contributed by atoms with Gasteiger partial charge in [-0.1, -0.05) is 12.1 Å². The number of methoxy groups -OCH3 is 1. The zero-order valence-electron chi connectivity index (χ0n) is 15.1. The van der Waals surface area contributed by atoms with E-state index in [1.165, 1.54) is 0 Å². The van der Waals surface area contributed by atoms with Gasteiger partial charge in [0.2, 0.25) is 0 Å². The van der Waals surface area contributed by atoms with Crippen molar-refractivity contribution >= 4 is 11.6 Å². The molecule has 0 saturated carbocycles. The smallest absolute Gasteiger partial charge is 0.252 e. The first-order valence-electron chi connectivity index (χ1n) is 8.32. The number of anilines is 1. The maximum absolute atomic E-state index is 12.3. The summed E-state index contributed by atoms with van der Waals surface area (Å²) in [5.74, 6) is -0.118. The fourth-order valence-corrected chi connectivity index (χ4v) is 2.34. The van der Waals surface area contributed by atoms with Gasteiger partial charge < -0.3 is 20.3 Å². The first kappa shape index (κ1) is 18.9. The van der Waals surface area contributed by atoms with E-state index in [0.29, 0.717) is 25.3 Å². The van der Waals surface area contributed by atoms with Gasteiger partial charge in [0.15, 0.2) is 0 Å². The summed E-state index contributed by atoms with van der Waals surface area (Å²) in [6, 6.07) is 10.0. The van der Waals surface area contributed by atoms with Crippen LogP contribution in [0.2, 0.25) is 0 Å². The molecule has 0 atom stereocenters. The van der Waals surface area contributed by atoms with E-state index in [1.807, 2.05) is 49.3 Å². The van der Waals surface area contributed by atoms with Gasteiger partial charge in [0.1, 0.15) is 0 Å². The van der Waals surface area contributed by atoms with Gasteiger partial charge in [0.25, 0.3) is 5.91 Å². The lowest BCUT2D eigenvalue weighted by molar-refractivity contribution is 0.0953. The van der Waals surface area contributed by atoms with Crippen molar-refractivity contribution in [2.75, 3.05) is 52.3 Å². The lowest BCUT2D eigenvalue weighted by Gasteiger charge is -2.13. The Balaban J connectivity index is 1.94. The van der Waals surface area contributed by atoms with E-state index < -0.39 is 0 Å². The van der Waals surface area contributed by atoms with E-state index in [0.717, 1.165) is 23.4 Å². The lowest BCUT2D eigenvalue weighted by atomic mass is 10.1. The normalized spacial score (nSPS) is 10.5. The average Bonchev–Trinajstić information content (AvgIpc) is 2.64. The molecule has 25 heavy (non-hydrogen) atoms. The van der Waals surface area contributed by atoms with E-state index in [2.05, 4.69) is 15.6 Å². The standard InChI is InChI=1S/C19H26N4O2/c1-23(2)18-6-4-15(5-7-18)16-12-17(14-21-13-16)19(24)22-9-8-20-10-11-25-3/h4-7,12-14,20H,8-11H2,1-3H3,(H,22,24). The minimum atomic E-state index is -0.118. The van der Waals surface area contributed by atoms with Gasteiger partial charge in [-0.3, -0.25) is 9.78 Å². The molecule has 2 rings (SSSR count). The summed E-state index contributed by atoms with van der Waals surface area (Å²) in [6.07, 6.45) is 3.36. The second-order valence-electron chi connectivity index (χ2n) is 5.90. The SMILES string of the molecule is COCCNCCNC(=O)c1cncc(-c2ccc(N(C)C)cc2)c1. The molecule has 0 aliphatic carbocycles. The number of rotatable bonds is 9. The fraction of sp³-hybridized carbons (Fsp3) is 0.368. The summed E-state index contributed by atoms with van der Waals surface area (Å²) in [5, 5.41) is 6.08. The Bertz CT molecular complexity index is 671. The quantitative estimate of drug-likeness (QED) is 0.680. The molecule has 0 spiro atoms. The van der Waals surface area contributed by atoms with Crippen LogP contribution in [0, 0.1) is 0 Å². The third-order valence-electron chi connectivity index (χ3n) is 3.79. The summed E-state index contributed by atoms with van der Waals surface area (Å²) >= 11 is 0. The Kier molecular flexibility index (Phi) is 7.37. The molecule has 6 nitrogen and oxygen atoms in total. The lowest BCUT2D eigenvalue weighted by Crippen LogP contribution is -2.33. The molecule has 0 unspecified atom stereocenters. The van der Waals surface area contributed by atoms with E-state index in [9.17, 15) is 4.79 Å². The van der Waals surface area contributed by atoms with E-state index in [1.54, 1.807) is 19.5 Å². The summed E-state index contributed by atoms with van der Waals surface area (Å²) in [4.78, 5) is 18.5. The summed E-state index contributed by atoms with van der Waals surface area (Å²) in [5.41, 5.74) is 3.66. The molecule has 1 aromatic heterocycles. The van der Waals surface area contributed by atoms with Gasteiger partial charge in [-0.15, -0.1) is 0 Å². The molecule has 0 radical (unpaired) electrons. The van der Waals surface area contributed by atoms with Crippen LogP contribution in [0.3, 0.4) is 0 Å².